The van der Waals surface area contributed by atoms with Gasteiger partial charge in [0.05, 0.1) is 5.92 Å². The lowest BCUT2D eigenvalue weighted by Gasteiger charge is -2.31. The first-order valence-corrected chi connectivity index (χ1v) is 12.1. The third-order valence-electron chi connectivity index (χ3n) is 6.53. The predicted octanol–water partition coefficient (Wildman–Crippen LogP) is 4.90. The number of alkyl carbamates (subject to hydrolysis) is 1. The fraction of sp³-hybridized carbons (Fsp3) is 0.464. The van der Waals surface area contributed by atoms with E-state index in [1.165, 1.54) is 11.9 Å². The molecule has 7 nitrogen and oxygen atoms in total. The van der Waals surface area contributed by atoms with E-state index in [1.807, 2.05) is 45.0 Å². The number of carbonyl (C=O) groups is 3. The Bertz CT molecular complexity index is 1030. The van der Waals surface area contributed by atoms with E-state index in [0.717, 1.165) is 22.3 Å². The molecule has 0 bridgehead atoms. The number of carboxylic acids is 1. The molecule has 1 aliphatic rings. The van der Waals surface area contributed by atoms with Crippen LogP contribution in [0.2, 0.25) is 0 Å². The number of aliphatic carboxylic acids is 1. The largest absolute Gasteiger partial charge is 0.480 e. The highest BCUT2D eigenvalue weighted by molar-refractivity contribution is 5.85. The number of hydrogen-bond donors (Lipinski definition) is 2. The fourth-order valence-electron chi connectivity index (χ4n) is 4.90. The number of ether oxygens (including phenoxy) is 1. The van der Waals surface area contributed by atoms with E-state index in [0.29, 0.717) is 12.8 Å². The summed E-state index contributed by atoms with van der Waals surface area (Å²) in [5, 5.41) is 12.2. The summed E-state index contributed by atoms with van der Waals surface area (Å²) in [5.41, 5.74) is 4.38. The number of hydrogen-bond acceptors (Lipinski definition) is 4. The van der Waals surface area contributed by atoms with Gasteiger partial charge in [0.15, 0.2) is 0 Å². The van der Waals surface area contributed by atoms with Gasteiger partial charge < -0.3 is 20.1 Å². The number of nitrogens with one attached hydrogen (secondary N) is 1. The minimum Gasteiger partial charge on any atom is -0.480 e. The van der Waals surface area contributed by atoms with E-state index in [2.05, 4.69) is 29.6 Å². The maximum absolute atomic E-state index is 13.2. The van der Waals surface area contributed by atoms with E-state index in [1.54, 1.807) is 6.92 Å². The summed E-state index contributed by atoms with van der Waals surface area (Å²) in [5.74, 6) is -1.95. The Balaban J connectivity index is 1.65. The molecule has 0 radical (unpaired) electrons. The van der Waals surface area contributed by atoms with Crippen molar-refractivity contribution in [2.45, 2.75) is 52.5 Å². The summed E-state index contributed by atoms with van der Waals surface area (Å²) < 4.78 is 5.60. The van der Waals surface area contributed by atoms with E-state index in [-0.39, 0.29) is 30.4 Å². The number of amides is 2. The van der Waals surface area contributed by atoms with E-state index < -0.39 is 24.0 Å². The average Bonchev–Trinajstić information content (AvgIpc) is 3.13. The van der Waals surface area contributed by atoms with Crippen LogP contribution in [-0.4, -0.2) is 54.2 Å². The van der Waals surface area contributed by atoms with Gasteiger partial charge in [0.2, 0.25) is 5.91 Å². The second-order valence-electron chi connectivity index (χ2n) is 10.4. The van der Waals surface area contributed by atoms with Gasteiger partial charge in [-0.05, 0) is 40.5 Å². The normalized spacial score (nSPS) is 14.4. The topological polar surface area (TPSA) is 95.9 Å². The fourth-order valence-corrected chi connectivity index (χ4v) is 4.90. The molecule has 0 aliphatic heterocycles. The number of benzene rings is 2. The molecule has 35 heavy (non-hydrogen) atoms. The Morgan fingerprint density at radius 1 is 1.03 bits per heavy atom. The Morgan fingerprint density at radius 3 is 2.06 bits per heavy atom. The van der Waals surface area contributed by atoms with Crippen molar-refractivity contribution in [1.29, 1.82) is 0 Å². The molecule has 2 aromatic rings. The highest BCUT2D eigenvalue weighted by Gasteiger charge is 2.33. The highest BCUT2D eigenvalue weighted by atomic mass is 16.5. The second kappa shape index (κ2) is 10.9. The van der Waals surface area contributed by atoms with Gasteiger partial charge >= 0.3 is 12.1 Å². The van der Waals surface area contributed by atoms with Crippen LogP contribution < -0.4 is 5.32 Å². The number of nitrogens with zero attached hydrogens (tertiary/aromatic N) is 1. The van der Waals surface area contributed by atoms with E-state index in [4.69, 9.17) is 4.74 Å². The molecule has 0 saturated carbocycles. The van der Waals surface area contributed by atoms with Crippen molar-refractivity contribution in [3.05, 3.63) is 59.7 Å². The second-order valence-corrected chi connectivity index (χ2v) is 10.4. The summed E-state index contributed by atoms with van der Waals surface area (Å²) in [6, 6.07) is 15.3. The Labute approximate surface area is 207 Å². The molecule has 2 amide bonds. The van der Waals surface area contributed by atoms with Crippen molar-refractivity contribution in [3.8, 4) is 11.1 Å². The number of likely N-dealkylation sites (N-methyl/N-ethyl adjacent to an activating group) is 1. The third-order valence-corrected chi connectivity index (χ3v) is 6.53. The SMILES string of the molecule is CCC(C(=O)O)N(C)C(=O)C(CNC(=O)OCC1c2ccccc2-c2ccccc21)CC(C)(C)C. The zero-order valence-corrected chi connectivity index (χ0v) is 21.2. The first-order chi connectivity index (χ1) is 16.5. The summed E-state index contributed by atoms with van der Waals surface area (Å²) in [7, 11) is 1.51. The van der Waals surface area contributed by atoms with Crippen LogP contribution in [0.5, 0.6) is 0 Å². The van der Waals surface area contributed by atoms with Crippen LogP contribution in [0.3, 0.4) is 0 Å². The van der Waals surface area contributed by atoms with Gasteiger partial charge in [-0.1, -0.05) is 76.2 Å². The van der Waals surface area contributed by atoms with Crippen molar-refractivity contribution in [2.75, 3.05) is 20.2 Å². The molecule has 0 heterocycles. The molecule has 0 aromatic heterocycles. The standard InChI is InChI=1S/C28H36N2O5/c1-6-24(26(32)33)30(5)25(31)18(15-28(2,3)4)16-29-27(34)35-17-23-21-13-9-7-11-19(21)20-12-8-10-14-22(20)23/h7-14,18,23-24H,6,15-17H2,1-5H3,(H,29,34)(H,32,33). The first-order valence-electron chi connectivity index (χ1n) is 12.1. The molecule has 0 saturated heterocycles. The van der Waals surface area contributed by atoms with Crippen LogP contribution in [0.15, 0.2) is 48.5 Å². The van der Waals surface area contributed by atoms with Crippen molar-refractivity contribution >= 4 is 18.0 Å². The highest BCUT2D eigenvalue weighted by Crippen LogP contribution is 2.44. The van der Waals surface area contributed by atoms with Crippen LogP contribution in [0, 0.1) is 11.3 Å². The lowest BCUT2D eigenvalue weighted by molar-refractivity contribution is -0.151. The molecule has 0 spiro atoms. The monoisotopic (exact) mass is 480 g/mol. The lowest BCUT2D eigenvalue weighted by atomic mass is 9.83. The number of rotatable bonds is 9. The summed E-state index contributed by atoms with van der Waals surface area (Å²) in [6.45, 7) is 8.03. The quantitative estimate of drug-likeness (QED) is 0.532. The molecule has 188 valence electrons. The molecule has 2 aromatic carbocycles. The smallest absolute Gasteiger partial charge is 0.407 e. The average molecular weight is 481 g/mol. The van der Waals surface area contributed by atoms with Crippen molar-refractivity contribution < 1.29 is 24.2 Å². The van der Waals surface area contributed by atoms with E-state index in [9.17, 15) is 19.5 Å². The first kappa shape index (κ1) is 26.3. The maximum Gasteiger partial charge on any atom is 0.407 e. The number of carboxylic acid groups (broad SMARTS) is 1. The van der Waals surface area contributed by atoms with Crippen molar-refractivity contribution in [1.82, 2.24) is 10.2 Å². The zero-order chi connectivity index (χ0) is 25.8. The van der Waals surface area contributed by atoms with Gasteiger partial charge in [-0.15, -0.1) is 0 Å². The minimum absolute atomic E-state index is 0.0489. The molecular weight excluding hydrogens is 444 g/mol. The van der Waals surface area contributed by atoms with Crippen molar-refractivity contribution in [3.63, 3.8) is 0 Å². The molecule has 2 N–H and O–H groups in total. The van der Waals surface area contributed by atoms with Crippen LogP contribution in [-0.2, 0) is 14.3 Å². The van der Waals surface area contributed by atoms with Crippen LogP contribution in [0.1, 0.15) is 57.6 Å². The van der Waals surface area contributed by atoms with Gasteiger partial charge in [0.25, 0.3) is 0 Å². The molecule has 2 atom stereocenters. The number of carbonyl (C=O) groups excluding carboxylic acids is 2. The van der Waals surface area contributed by atoms with Gasteiger partial charge in [0, 0.05) is 19.5 Å². The summed E-state index contributed by atoms with van der Waals surface area (Å²) >= 11 is 0. The zero-order valence-electron chi connectivity index (χ0n) is 21.2. The molecule has 0 fully saturated rings. The van der Waals surface area contributed by atoms with Gasteiger partial charge in [0.1, 0.15) is 12.6 Å². The van der Waals surface area contributed by atoms with Gasteiger partial charge in [-0.25, -0.2) is 9.59 Å². The Kier molecular flexibility index (Phi) is 8.20. The van der Waals surface area contributed by atoms with Crippen LogP contribution in [0.4, 0.5) is 4.79 Å². The van der Waals surface area contributed by atoms with Crippen LogP contribution in [0.25, 0.3) is 11.1 Å². The maximum atomic E-state index is 13.2. The number of fused-ring (bicyclic) bond motifs is 3. The van der Waals surface area contributed by atoms with Gasteiger partial charge in [-0.2, -0.15) is 0 Å². The molecular formula is C28H36N2O5. The molecule has 1 aliphatic carbocycles. The molecule has 3 rings (SSSR count). The Hall–Kier alpha value is -3.35. The minimum atomic E-state index is -1.04. The van der Waals surface area contributed by atoms with Crippen LogP contribution >= 0.6 is 0 Å². The Morgan fingerprint density at radius 2 is 1.57 bits per heavy atom. The summed E-state index contributed by atoms with van der Waals surface area (Å²) in [4.78, 5) is 38.6. The van der Waals surface area contributed by atoms with E-state index >= 15 is 0 Å². The van der Waals surface area contributed by atoms with Crippen molar-refractivity contribution in [2.24, 2.45) is 11.3 Å². The third kappa shape index (κ3) is 6.21. The van der Waals surface area contributed by atoms with Gasteiger partial charge in [-0.3, -0.25) is 4.79 Å². The molecule has 7 heteroatoms. The summed E-state index contributed by atoms with van der Waals surface area (Å²) in [6.07, 6.45) is 0.210. The molecule has 2 unspecified atom stereocenters. The lowest BCUT2D eigenvalue weighted by Crippen LogP contribution is -2.48. The predicted molar refractivity (Wildman–Crippen MR) is 135 cm³/mol.